The number of nitriles is 1. The quantitative estimate of drug-likeness (QED) is 0.905. The summed E-state index contributed by atoms with van der Waals surface area (Å²) in [5.74, 6) is 0.954. The maximum absolute atomic E-state index is 11.6. The normalized spacial score (nSPS) is 24.6. The average Bonchev–Trinajstić information content (AvgIpc) is 2.56. The summed E-state index contributed by atoms with van der Waals surface area (Å²) in [6.07, 6.45) is 0.214. The minimum atomic E-state index is -0.278. The Morgan fingerprint density at radius 2 is 2.04 bits per heavy atom. The molecule has 0 atom stereocenters. The molecule has 0 aliphatic heterocycles. The van der Waals surface area contributed by atoms with Crippen molar-refractivity contribution in [3.8, 4) is 17.6 Å². The van der Waals surface area contributed by atoms with Gasteiger partial charge in [0.25, 0.3) is 0 Å². The van der Waals surface area contributed by atoms with Crippen molar-refractivity contribution in [1.29, 1.82) is 5.26 Å². The largest absolute Gasteiger partial charge is 0.495 e. The molecule has 0 unspecified atom stereocenters. The molecule has 23 heavy (non-hydrogen) atoms. The SMILES string of the molecule is [2H]NC(=O)CC1C(C)(C)C(Oc2ccc(C#N)c(OC)c2)C1(C)C. The molecule has 0 heterocycles. The maximum atomic E-state index is 11.6. The van der Waals surface area contributed by atoms with Crippen molar-refractivity contribution in [2.75, 3.05) is 7.11 Å². The molecule has 2 N–H and O–H groups in total. The van der Waals surface area contributed by atoms with E-state index in [1.807, 2.05) is 5.73 Å². The highest BCUT2D eigenvalue weighted by Gasteiger charge is 2.63. The van der Waals surface area contributed by atoms with E-state index in [1.165, 1.54) is 7.11 Å². The van der Waals surface area contributed by atoms with Crippen molar-refractivity contribution >= 4 is 5.91 Å². The maximum Gasteiger partial charge on any atom is 0.217 e. The molecular weight excluding hydrogens is 292 g/mol. The molecule has 124 valence electrons. The summed E-state index contributed by atoms with van der Waals surface area (Å²) in [4.78, 5) is 11.6. The van der Waals surface area contributed by atoms with Crippen LogP contribution in [0.4, 0.5) is 0 Å². The van der Waals surface area contributed by atoms with Crippen LogP contribution < -0.4 is 15.2 Å². The number of nitrogens with zero attached hydrogens (tertiary/aromatic N) is 1. The lowest BCUT2D eigenvalue weighted by molar-refractivity contribution is -0.200. The van der Waals surface area contributed by atoms with Crippen LogP contribution in [0.2, 0.25) is 1.41 Å². The van der Waals surface area contributed by atoms with E-state index in [1.54, 1.807) is 18.2 Å². The van der Waals surface area contributed by atoms with Gasteiger partial charge in [-0.2, -0.15) is 5.26 Å². The molecule has 1 aliphatic rings. The molecule has 0 saturated heterocycles. The Morgan fingerprint density at radius 3 is 2.57 bits per heavy atom. The van der Waals surface area contributed by atoms with Gasteiger partial charge >= 0.3 is 0 Å². The molecule has 1 aromatic rings. The van der Waals surface area contributed by atoms with E-state index in [0.717, 1.165) is 0 Å². The molecule has 1 aromatic carbocycles. The van der Waals surface area contributed by atoms with Gasteiger partial charge in [0.1, 0.15) is 23.7 Å². The second kappa shape index (κ2) is 5.77. The van der Waals surface area contributed by atoms with Gasteiger partial charge in [-0.1, -0.05) is 27.7 Å². The van der Waals surface area contributed by atoms with E-state index in [0.29, 0.717) is 23.5 Å². The lowest BCUT2D eigenvalue weighted by Crippen LogP contribution is -2.66. The number of hydrogen-bond acceptors (Lipinski definition) is 4. The zero-order valence-corrected chi connectivity index (χ0v) is 14.3. The Bertz CT molecular complexity index is 663. The third kappa shape index (κ3) is 2.86. The number of carbonyl (C=O) groups is 1. The number of hydrogen-bond donors (Lipinski definition) is 1. The highest BCUT2D eigenvalue weighted by Crippen LogP contribution is 2.61. The van der Waals surface area contributed by atoms with Crippen LogP contribution in [0, 0.1) is 28.1 Å². The van der Waals surface area contributed by atoms with Crippen molar-refractivity contribution in [2.45, 2.75) is 40.2 Å². The number of primary amides is 1. The van der Waals surface area contributed by atoms with E-state index in [4.69, 9.17) is 16.1 Å². The van der Waals surface area contributed by atoms with Gasteiger partial charge < -0.3 is 15.2 Å². The summed E-state index contributed by atoms with van der Waals surface area (Å²) in [7, 11) is 1.52. The Kier molecular flexibility index (Phi) is 3.93. The van der Waals surface area contributed by atoms with Crippen molar-refractivity contribution in [3.63, 3.8) is 0 Å². The zero-order chi connectivity index (χ0) is 18.1. The van der Waals surface area contributed by atoms with Gasteiger partial charge in [-0.05, 0) is 18.1 Å². The fourth-order valence-electron chi connectivity index (χ4n) is 4.18. The molecule has 0 radical (unpaired) electrons. The van der Waals surface area contributed by atoms with Crippen molar-refractivity contribution in [2.24, 2.45) is 22.5 Å². The fraction of sp³-hybridized carbons (Fsp3) is 0.556. The number of nitrogens with two attached hydrogens (primary N) is 1. The topological polar surface area (TPSA) is 85.3 Å². The van der Waals surface area contributed by atoms with Gasteiger partial charge in [-0.25, -0.2) is 0 Å². The summed E-state index contributed by atoms with van der Waals surface area (Å²) in [6, 6.07) is 7.24. The standard InChI is InChI=1S/C18H24N2O3/c1-17(2)14(9-15(20)21)18(3,4)16(17)23-12-7-6-11(10-19)13(8-12)22-5/h6-8,14,16H,9H2,1-5H3,(H2,20,21)/i/hD. The lowest BCUT2D eigenvalue weighted by Gasteiger charge is -2.63. The molecule has 1 amide bonds. The molecular formula is C18H24N2O3. The van der Waals surface area contributed by atoms with Crippen molar-refractivity contribution < 1.29 is 15.7 Å². The molecule has 0 aromatic heterocycles. The number of carbonyl (C=O) groups excluding carboxylic acids is 1. The average molecular weight is 317 g/mol. The van der Waals surface area contributed by atoms with Crippen LogP contribution in [-0.4, -0.2) is 19.1 Å². The van der Waals surface area contributed by atoms with E-state index in [-0.39, 0.29) is 28.8 Å². The van der Waals surface area contributed by atoms with Gasteiger partial charge in [0.2, 0.25) is 5.91 Å². The molecule has 1 fully saturated rings. The van der Waals surface area contributed by atoms with Crippen LogP contribution in [0.5, 0.6) is 11.5 Å². The van der Waals surface area contributed by atoms with Crippen LogP contribution in [-0.2, 0) is 4.79 Å². The third-order valence-electron chi connectivity index (χ3n) is 5.08. The molecule has 1 saturated carbocycles. The summed E-state index contributed by atoms with van der Waals surface area (Å²) >= 11 is 0. The summed E-state index contributed by atoms with van der Waals surface area (Å²) in [5.41, 5.74) is 1.99. The molecule has 0 bridgehead atoms. The smallest absolute Gasteiger partial charge is 0.217 e. The van der Waals surface area contributed by atoms with E-state index in [2.05, 4.69) is 33.8 Å². The first kappa shape index (κ1) is 15.7. The molecule has 1 aliphatic carbocycles. The van der Waals surface area contributed by atoms with Crippen molar-refractivity contribution in [3.05, 3.63) is 23.8 Å². The predicted molar refractivity (Wildman–Crippen MR) is 87.0 cm³/mol. The van der Waals surface area contributed by atoms with E-state index in [9.17, 15) is 4.79 Å². The summed E-state index contributed by atoms with van der Waals surface area (Å²) in [5, 5.41) is 9.06. The fourth-order valence-corrected chi connectivity index (χ4v) is 4.18. The monoisotopic (exact) mass is 317 g/mol. The van der Waals surface area contributed by atoms with Crippen LogP contribution in [0.25, 0.3) is 0 Å². The Labute approximate surface area is 138 Å². The second-order valence-electron chi connectivity index (χ2n) is 7.29. The first-order valence-electron chi connectivity index (χ1n) is 8.13. The van der Waals surface area contributed by atoms with Crippen LogP contribution >= 0.6 is 0 Å². The van der Waals surface area contributed by atoms with Gasteiger partial charge in [-0.15, -0.1) is 0 Å². The first-order valence-corrected chi connectivity index (χ1v) is 7.63. The molecule has 5 nitrogen and oxygen atoms in total. The Hall–Kier alpha value is -2.22. The number of methoxy groups -OCH3 is 1. The first-order chi connectivity index (χ1) is 11.2. The van der Waals surface area contributed by atoms with Crippen LogP contribution in [0.3, 0.4) is 0 Å². The Morgan fingerprint density at radius 1 is 1.39 bits per heavy atom. The van der Waals surface area contributed by atoms with E-state index < -0.39 is 0 Å². The minimum absolute atomic E-state index is 0.0915. The number of rotatable bonds is 5. The molecule has 2 rings (SSSR count). The zero-order valence-electron chi connectivity index (χ0n) is 15.3. The molecule has 0 spiro atoms. The Balaban J connectivity index is 2.21. The van der Waals surface area contributed by atoms with Gasteiger partial charge in [0.05, 0.1) is 12.7 Å². The van der Waals surface area contributed by atoms with Crippen LogP contribution in [0.15, 0.2) is 18.2 Å². The highest BCUT2D eigenvalue weighted by molar-refractivity contribution is 5.74. The van der Waals surface area contributed by atoms with Crippen molar-refractivity contribution in [1.82, 2.24) is 0 Å². The summed E-state index contributed by atoms with van der Waals surface area (Å²) < 4.78 is 18.4. The van der Waals surface area contributed by atoms with Gasteiger partial charge in [-0.3, -0.25) is 4.79 Å². The lowest BCUT2D eigenvalue weighted by atomic mass is 9.45. The number of benzene rings is 1. The minimum Gasteiger partial charge on any atom is -0.495 e. The van der Waals surface area contributed by atoms with Gasteiger partial charge in [0, 0.05) is 23.3 Å². The highest BCUT2D eigenvalue weighted by atomic mass is 16.5. The molecule has 5 heteroatoms. The number of ether oxygens (including phenoxy) is 2. The predicted octanol–water partition coefficient (Wildman–Crippen LogP) is 2.87. The number of amides is 1. The third-order valence-corrected chi connectivity index (χ3v) is 5.08. The van der Waals surface area contributed by atoms with Crippen LogP contribution in [0.1, 0.15) is 39.7 Å². The second-order valence-corrected chi connectivity index (χ2v) is 7.29. The van der Waals surface area contributed by atoms with Gasteiger partial charge in [0.15, 0.2) is 1.41 Å². The summed E-state index contributed by atoms with van der Waals surface area (Å²) in [6.45, 7) is 8.30. The van der Waals surface area contributed by atoms with E-state index >= 15 is 0 Å².